The van der Waals surface area contributed by atoms with Gasteiger partial charge in [0.1, 0.15) is 35.7 Å². The van der Waals surface area contributed by atoms with Crippen molar-refractivity contribution in [2.24, 2.45) is 5.73 Å². The molecule has 208 valence electrons. The van der Waals surface area contributed by atoms with Crippen LogP contribution in [0.15, 0.2) is 59.7 Å². The standard InChI is InChI=1S/C26H28N8O6/c1-3-38-18-11-16(12-19(14-18)39-10-9-35)22(24-32-26(37)34(33-24)25-29-7-4-8-30-25)31-17-5-6-20(23(27)28)21(13-17)40-15(2)36/h4-8,11-14,22,31,35H,3,9-10H2,1-2H3,(H3,27,28)(H,32,33,37)/t22-/m0/s1. The summed E-state index contributed by atoms with van der Waals surface area (Å²) in [5.74, 6) is 0.395. The average molecular weight is 549 g/mol. The summed E-state index contributed by atoms with van der Waals surface area (Å²) in [5.41, 5.74) is 6.36. The van der Waals surface area contributed by atoms with Gasteiger partial charge in [-0.1, -0.05) is 0 Å². The van der Waals surface area contributed by atoms with Gasteiger partial charge in [-0.2, -0.15) is 0 Å². The van der Waals surface area contributed by atoms with E-state index in [0.717, 1.165) is 4.68 Å². The summed E-state index contributed by atoms with van der Waals surface area (Å²) < 4.78 is 17.7. The largest absolute Gasteiger partial charge is 0.494 e. The summed E-state index contributed by atoms with van der Waals surface area (Å²) in [4.78, 5) is 35.5. The highest BCUT2D eigenvalue weighted by atomic mass is 16.5. The third-order valence-electron chi connectivity index (χ3n) is 5.39. The van der Waals surface area contributed by atoms with Gasteiger partial charge in [-0.05, 0) is 42.8 Å². The number of anilines is 1. The minimum Gasteiger partial charge on any atom is -0.494 e. The number of amidine groups is 1. The first-order valence-corrected chi connectivity index (χ1v) is 12.2. The number of rotatable bonds is 12. The molecule has 0 unspecified atom stereocenters. The minimum absolute atomic E-state index is 0.0577. The van der Waals surface area contributed by atoms with Crippen molar-refractivity contribution in [1.82, 2.24) is 24.7 Å². The number of carbonyl (C=O) groups is 1. The van der Waals surface area contributed by atoms with Crippen LogP contribution < -0.4 is 31.0 Å². The van der Waals surface area contributed by atoms with Gasteiger partial charge >= 0.3 is 11.7 Å². The number of aromatic nitrogens is 5. The van der Waals surface area contributed by atoms with Gasteiger partial charge in [0.2, 0.25) is 0 Å². The Kier molecular flexibility index (Phi) is 8.71. The first-order valence-electron chi connectivity index (χ1n) is 12.2. The van der Waals surface area contributed by atoms with Gasteiger partial charge in [0.05, 0.1) is 18.8 Å². The van der Waals surface area contributed by atoms with Crippen LogP contribution in [0.1, 0.15) is 36.8 Å². The van der Waals surface area contributed by atoms with Crippen LogP contribution in [0.3, 0.4) is 0 Å². The summed E-state index contributed by atoms with van der Waals surface area (Å²) in [7, 11) is 0. The van der Waals surface area contributed by atoms with Crippen LogP contribution in [0.4, 0.5) is 5.69 Å². The van der Waals surface area contributed by atoms with Crippen LogP contribution in [-0.4, -0.2) is 61.5 Å². The Morgan fingerprint density at radius 3 is 2.55 bits per heavy atom. The zero-order valence-electron chi connectivity index (χ0n) is 21.7. The van der Waals surface area contributed by atoms with Crippen molar-refractivity contribution < 1.29 is 24.1 Å². The Morgan fingerprint density at radius 2 is 1.90 bits per heavy atom. The van der Waals surface area contributed by atoms with E-state index in [1.165, 1.54) is 31.5 Å². The van der Waals surface area contributed by atoms with Crippen molar-refractivity contribution >= 4 is 17.5 Å². The quantitative estimate of drug-likeness (QED) is 0.0743. The smallest absolute Gasteiger partial charge is 0.350 e. The number of aliphatic hydroxyl groups excluding tert-OH is 1. The number of hydrogen-bond donors (Lipinski definition) is 5. The molecule has 0 bridgehead atoms. The minimum atomic E-state index is -0.803. The van der Waals surface area contributed by atoms with Crippen LogP contribution in [0, 0.1) is 5.41 Å². The normalized spacial score (nSPS) is 11.5. The number of hydrogen-bond acceptors (Lipinski definition) is 11. The number of aromatic amines is 1. The topological polar surface area (TPSA) is 203 Å². The fourth-order valence-corrected chi connectivity index (χ4v) is 3.81. The third kappa shape index (κ3) is 6.60. The average Bonchev–Trinajstić information content (AvgIpc) is 3.31. The van der Waals surface area contributed by atoms with Crippen molar-refractivity contribution in [2.45, 2.75) is 19.9 Å². The Labute approximate surface area is 228 Å². The second-order valence-corrected chi connectivity index (χ2v) is 8.31. The molecule has 2 heterocycles. The van der Waals surface area contributed by atoms with Crippen molar-refractivity contribution in [2.75, 3.05) is 25.1 Å². The molecule has 14 nitrogen and oxygen atoms in total. The van der Waals surface area contributed by atoms with Gasteiger partial charge in [-0.25, -0.2) is 14.8 Å². The molecular formula is C26H28N8O6. The highest BCUT2D eigenvalue weighted by Gasteiger charge is 2.23. The van der Waals surface area contributed by atoms with Crippen LogP contribution >= 0.6 is 0 Å². The van der Waals surface area contributed by atoms with Crippen LogP contribution in [0.25, 0.3) is 5.95 Å². The lowest BCUT2D eigenvalue weighted by Crippen LogP contribution is -2.18. The molecule has 1 atom stereocenters. The molecule has 0 saturated carbocycles. The summed E-state index contributed by atoms with van der Waals surface area (Å²) in [5, 5.41) is 24.8. The predicted molar refractivity (Wildman–Crippen MR) is 144 cm³/mol. The van der Waals surface area contributed by atoms with Crippen LogP contribution in [0.5, 0.6) is 17.2 Å². The van der Waals surface area contributed by atoms with Crippen LogP contribution in [0.2, 0.25) is 0 Å². The lowest BCUT2D eigenvalue weighted by Gasteiger charge is -2.21. The molecule has 0 radical (unpaired) electrons. The maximum absolute atomic E-state index is 12.9. The van der Waals surface area contributed by atoms with E-state index >= 15 is 0 Å². The monoisotopic (exact) mass is 548 g/mol. The number of ether oxygens (including phenoxy) is 3. The molecule has 2 aromatic heterocycles. The van der Waals surface area contributed by atoms with Crippen molar-refractivity contribution in [1.29, 1.82) is 5.41 Å². The lowest BCUT2D eigenvalue weighted by atomic mass is 10.0. The molecule has 0 aliphatic heterocycles. The third-order valence-corrected chi connectivity index (χ3v) is 5.39. The summed E-state index contributed by atoms with van der Waals surface area (Å²) in [6.07, 6.45) is 2.98. The Balaban J connectivity index is 1.84. The van der Waals surface area contributed by atoms with Gasteiger partial charge in [0, 0.05) is 37.1 Å². The lowest BCUT2D eigenvalue weighted by molar-refractivity contribution is -0.131. The maximum Gasteiger partial charge on any atom is 0.350 e. The van der Waals surface area contributed by atoms with E-state index in [1.807, 2.05) is 6.92 Å². The molecule has 0 fully saturated rings. The van der Waals surface area contributed by atoms with E-state index in [9.17, 15) is 14.7 Å². The van der Waals surface area contributed by atoms with Gasteiger partial charge in [-0.15, -0.1) is 9.78 Å². The molecule has 4 rings (SSSR count). The highest BCUT2D eigenvalue weighted by Crippen LogP contribution is 2.33. The van der Waals surface area contributed by atoms with Gasteiger partial charge in [0.25, 0.3) is 5.95 Å². The molecule has 0 aliphatic rings. The number of esters is 1. The molecule has 0 amide bonds. The molecule has 0 aliphatic carbocycles. The SMILES string of the molecule is CCOc1cc(OCCO)cc([C@H](Nc2ccc(C(=N)N)c(OC(C)=O)c2)c2nn(-c3ncccn3)c(=O)[nH]2)c1. The van der Waals surface area contributed by atoms with E-state index < -0.39 is 17.7 Å². The number of nitrogen functional groups attached to an aromatic ring is 1. The van der Waals surface area contributed by atoms with Gasteiger partial charge < -0.3 is 30.4 Å². The molecular weight excluding hydrogens is 520 g/mol. The van der Waals surface area contributed by atoms with Crippen molar-refractivity contribution in [3.8, 4) is 23.2 Å². The van der Waals surface area contributed by atoms with Crippen LogP contribution in [-0.2, 0) is 4.79 Å². The number of H-pyrrole nitrogens is 1. The predicted octanol–water partition coefficient (Wildman–Crippen LogP) is 1.53. The number of aliphatic hydroxyl groups is 1. The molecule has 40 heavy (non-hydrogen) atoms. The Bertz CT molecular complexity index is 1550. The second-order valence-electron chi connectivity index (χ2n) is 8.31. The second kappa shape index (κ2) is 12.5. The number of nitrogens with one attached hydrogen (secondary N) is 3. The molecule has 6 N–H and O–H groups in total. The number of benzene rings is 2. The number of carbonyl (C=O) groups excluding carboxylic acids is 1. The Morgan fingerprint density at radius 1 is 1.18 bits per heavy atom. The van der Waals surface area contributed by atoms with E-state index in [0.29, 0.717) is 29.4 Å². The van der Waals surface area contributed by atoms with Gasteiger partial charge in [0.15, 0.2) is 5.82 Å². The Hall–Kier alpha value is -5.24. The molecule has 4 aromatic rings. The summed E-state index contributed by atoms with van der Waals surface area (Å²) >= 11 is 0. The van der Waals surface area contributed by atoms with E-state index in [4.69, 9.17) is 25.4 Å². The fourth-order valence-electron chi connectivity index (χ4n) is 3.81. The molecule has 0 spiro atoms. The highest BCUT2D eigenvalue weighted by molar-refractivity contribution is 5.98. The first kappa shape index (κ1) is 27.8. The van der Waals surface area contributed by atoms with Crippen molar-refractivity contribution in [3.05, 3.63) is 82.3 Å². The van der Waals surface area contributed by atoms with Gasteiger partial charge in [-0.3, -0.25) is 15.2 Å². The number of nitrogens with two attached hydrogens (primary N) is 1. The summed E-state index contributed by atoms with van der Waals surface area (Å²) in [6, 6.07) is 10.6. The summed E-state index contributed by atoms with van der Waals surface area (Å²) in [6.45, 7) is 3.33. The van der Waals surface area contributed by atoms with E-state index in [1.54, 1.807) is 30.3 Å². The zero-order chi connectivity index (χ0) is 28.6. The van der Waals surface area contributed by atoms with E-state index in [2.05, 4.69) is 25.4 Å². The number of nitrogens with zero attached hydrogens (tertiary/aromatic N) is 4. The van der Waals surface area contributed by atoms with E-state index in [-0.39, 0.29) is 42.1 Å². The molecule has 14 heteroatoms. The van der Waals surface area contributed by atoms with Crippen molar-refractivity contribution in [3.63, 3.8) is 0 Å². The molecule has 2 aromatic carbocycles. The fraction of sp³-hybridized carbons (Fsp3) is 0.231. The first-order chi connectivity index (χ1) is 19.3. The molecule has 0 saturated heterocycles. The maximum atomic E-state index is 12.9. The zero-order valence-corrected chi connectivity index (χ0v) is 21.7.